The summed E-state index contributed by atoms with van der Waals surface area (Å²) in [7, 11) is 0. The van der Waals surface area contributed by atoms with Crippen LogP contribution in [0.5, 0.6) is 0 Å². The summed E-state index contributed by atoms with van der Waals surface area (Å²) in [5, 5.41) is 18.9. The van der Waals surface area contributed by atoms with Gasteiger partial charge in [0, 0.05) is 0 Å². The largest absolute Gasteiger partial charge is 0.479 e. The van der Waals surface area contributed by atoms with Crippen LogP contribution in [0, 0.1) is 0 Å². The van der Waals surface area contributed by atoms with E-state index in [1.807, 2.05) is 0 Å². The monoisotopic (exact) mass is 290 g/mol. The van der Waals surface area contributed by atoms with Crippen molar-refractivity contribution < 1.29 is 34.1 Å². The Morgan fingerprint density at radius 3 is 1.95 bits per heavy atom. The highest BCUT2D eigenvalue weighted by Gasteiger charge is 2.42. The van der Waals surface area contributed by atoms with Gasteiger partial charge in [-0.3, -0.25) is 9.59 Å². The zero-order valence-electron chi connectivity index (χ0n) is 12.3. The van der Waals surface area contributed by atoms with Crippen molar-refractivity contribution in [2.45, 2.75) is 58.2 Å². The molecule has 0 aromatic heterocycles. The van der Waals surface area contributed by atoms with Crippen LogP contribution in [0.3, 0.4) is 0 Å². The molecule has 0 bridgehead atoms. The van der Waals surface area contributed by atoms with Gasteiger partial charge in [-0.05, 0) is 27.2 Å². The van der Waals surface area contributed by atoms with E-state index in [4.69, 9.17) is 14.6 Å². The number of carboxylic acids is 1. The fourth-order valence-electron chi connectivity index (χ4n) is 1.34. The van der Waals surface area contributed by atoms with E-state index in [1.54, 1.807) is 27.7 Å². The van der Waals surface area contributed by atoms with Crippen LogP contribution >= 0.6 is 0 Å². The number of ether oxygens (including phenoxy) is 2. The minimum Gasteiger partial charge on any atom is -0.479 e. The first-order valence-corrected chi connectivity index (χ1v) is 6.33. The standard InChI is InChI=1S/C13H22O7/c1-5-6-19-9(14)7-13(18,11(16)17)8-10(15)20-12(2,3)4/h18H,5-8H2,1-4H3,(H,16,17). The summed E-state index contributed by atoms with van der Waals surface area (Å²) in [6.07, 6.45) is -1.05. The van der Waals surface area contributed by atoms with E-state index >= 15 is 0 Å². The topological polar surface area (TPSA) is 110 Å². The first-order valence-electron chi connectivity index (χ1n) is 6.33. The first kappa shape index (κ1) is 18.4. The average Bonchev–Trinajstić information content (AvgIpc) is 2.22. The molecule has 0 aromatic carbocycles. The number of rotatable bonds is 7. The van der Waals surface area contributed by atoms with E-state index in [0.717, 1.165) is 0 Å². The maximum Gasteiger partial charge on any atom is 0.336 e. The number of carboxylic acid groups (broad SMARTS) is 1. The summed E-state index contributed by atoms with van der Waals surface area (Å²) in [5.41, 5.74) is -3.33. The molecule has 116 valence electrons. The number of carbonyl (C=O) groups is 3. The second-order valence-electron chi connectivity index (χ2n) is 5.50. The highest BCUT2D eigenvalue weighted by Crippen LogP contribution is 2.20. The van der Waals surface area contributed by atoms with E-state index in [2.05, 4.69) is 0 Å². The molecule has 0 saturated heterocycles. The van der Waals surface area contributed by atoms with E-state index in [1.165, 1.54) is 0 Å². The molecule has 0 heterocycles. The van der Waals surface area contributed by atoms with Gasteiger partial charge in [-0.2, -0.15) is 0 Å². The molecular weight excluding hydrogens is 268 g/mol. The molecule has 7 heteroatoms. The van der Waals surface area contributed by atoms with Crippen LogP contribution in [0.4, 0.5) is 0 Å². The van der Waals surface area contributed by atoms with Crippen molar-refractivity contribution in [3.8, 4) is 0 Å². The molecule has 1 atom stereocenters. The molecule has 0 spiro atoms. The molecule has 0 aliphatic carbocycles. The van der Waals surface area contributed by atoms with Gasteiger partial charge < -0.3 is 19.7 Å². The number of aliphatic hydroxyl groups is 1. The van der Waals surface area contributed by atoms with Crippen molar-refractivity contribution in [2.75, 3.05) is 6.61 Å². The second kappa shape index (κ2) is 7.23. The number of carbonyl (C=O) groups excluding carboxylic acids is 2. The Morgan fingerprint density at radius 1 is 1.05 bits per heavy atom. The van der Waals surface area contributed by atoms with Gasteiger partial charge in [-0.15, -0.1) is 0 Å². The Morgan fingerprint density at radius 2 is 1.55 bits per heavy atom. The second-order valence-corrected chi connectivity index (χ2v) is 5.50. The van der Waals surface area contributed by atoms with E-state index in [-0.39, 0.29) is 6.61 Å². The molecule has 2 N–H and O–H groups in total. The normalized spacial score (nSPS) is 14.2. The van der Waals surface area contributed by atoms with Gasteiger partial charge >= 0.3 is 17.9 Å². The average molecular weight is 290 g/mol. The number of hydrogen-bond donors (Lipinski definition) is 2. The molecule has 0 aromatic rings. The Hall–Kier alpha value is -1.63. The van der Waals surface area contributed by atoms with E-state index in [9.17, 15) is 19.5 Å². The fraction of sp³-hybridized carbons (Fsp3) is 0.769. The van der Waals surface area contributed by atoms with Gasteiger partial charge in [0.2, 0.25) is 0 Å². The van der Waals surface area contributed by atoms with E-state index < -0.39 is 42.0 Å². The summed E-state index contributed by atoms with van der Waals surface area (Å²) >= 11 is 0. The van der Waals surface area contributed by atoms with Crippen molar-refractivity contribution in [1.82, 2.24) is 0 Å². The number of hydrogen-bond acceptors (Lipinski definition) is 6. The fourth-order valence-corrected chi connectivity index (χ4v) is 1.34. The predicted octanol–water partition coefficient (Wildman–Crippen LogP) is 0.877. The summed E-state index contributed by atoms with van der Waals surface area (Å²) in [6.45, 7) is 6.74. The smallest absolute Gasteiger partial charge is 0.336 e. The van der Waals surface area contributed by atoms with Crippen molar-refractivity contribution in [3.63, 3.8) is 0 Å². The van der Waals surface area contributed by atoms with Gasteiger partial charge in [0.05, 0.1) is 19.4 Å². The van der Waals surface area contributed by atoms with Crippen molar-refractivity contribution in [3.05, 3.63) is 0 Å². The molecule has 0 saturated carbocycles. The number of aliphatic carboxylic acids is 1. The maximum atomic E-state index is 11.6. The van der Waals surface area contributed by atoms with Crippen LogP contribution in [0.15, 0.2) is 0 Å². The molecule has 0 radical (unpaired) electrons. The molecule has 0 aliphatic rings. The third-order valence-corrected chi connectivity index (χ3v) is 2.16. The van der Waals surface area contributed by atoms with E-state index in [0.29, 0.717) is 6.42 Å². The van der Waals surface area contributed by atoms with Crippen LogP contribution in [-0.4, -0.2) is 45.9 Å². The molecular formula is C13H22O7. The van der Waals surface area contributed by atoms with Crippen LogP contribution in [0.1, 0.15) is 47.0 Å². The predicted molar refractivity (Wildman–Crippen MR) is 68.9 cm³/mol. The molecule has 0 aliphatic heterocycles. The van der Waals surface area contributed by atoms with Gasteiger partial charge in [-0.1, -0.05) is 6.92 Å². The lowest BCUT2D eigenvalue weighted by molar-refractivity contribution is -0.176. The molecule has 0 rings (SSSR count). The molecule has 20 heavy (non-hydrogen) atoms. The van der Waals surface area contributed by atoms with Gasteiger partial charge in [0.15, 0.2) is 5.60 Å². The third-order valence-electron chi connectivity index (χ3n) is 2.16. The zero-order valence-corrected chi connectivity index (χ0v) is 12.3. The first-order chi connectivity index (χ1) is 9.00. The van der Waals surface area contributed by atoms with Crippen LogP contribution < -0.4 is 0 Å². The summed E-state index contributed by atoms with van der Waals surface area (Å²) < 4.78 is 9.64. The Kier molecular flexibility index (Phi) is 6.64. The van der Waals surface area contributed by atoms with Gasteiger partial charge in [0.1, 0.15) is 5.60 Å². The van der Waals surface area contributed by atoms with Crippen molar-refractivity contribution >= 4 is 17.9 Å². The van der Waals surface area contributed by atoms with Gasteiger partial charge in [-0.25, -0.2) is 4.79 Å². The Bertz CT molecular complexity index is 369. The lowest BCUT2D eigenvalue weighted by Crippen LogP contribution is -2.44. The van der Waals surface area contributed by atoms with Crippen LogP contribution in [0.25, 0.3) is 0 Å². The van der Waals surface area contributed by atoms with Gasteiger partial charge in [0.25, 0.3) is 0 Å². The zero-order chi connectivity index (χ0) is 16.0. The summed E-state index contributed by atoms with van der Waals surface area (Å²) in [6, 6.07) is 0. The van der Waals surface area contributed by atoms with Crippen LogP contribution in [-0.2, 0) is 23.9 Å². The number of esters is 2. The van der Waals surface area contributed by atoms with Crippen molar-refractivity contribution in [2.24, 2.45) is 0 Å². The lowest BCUT2D eigenvalue weighted by atomic mass is 9.95. The highest BCUT2D eigenvalue weighted by molar-refractivity contribution is 5.89. The molecule has 0 fully saturated rings. The molecule has 1 unspecified atom stereocenters. The van der Waals surface area contributed by atoms with Crippen molar-refractivity contribution in [1.29, 1.82) is 0 Å². The Balaban J connectivity index is 4.73. The highest BCUT2D eigenvalue weighted by atomic mass is 16.6. The SMILES string of the molecule is CCCOC(=O)CC(O)(CC(=O)OC(C)(C)C)C(=O)O. The molecule has 0 amide bonds. The summed E-state index contributed by atoms with van der Waals surface area (Å²) in [4.78, 5) is 34.0. The molecule has 7 nitrogen and oxygen atoms in total. The third kappa shape index (κ3) is 7.08. The quantitative estimate of drug-likeness (QED) is 0.669. The van der Waals surface area contributed by atoms with Crippen LogP contribution in [0.2, 0.25) is 0 Å². The Labute approximate surface area is 117 Å². The minimum absolute atomic E-state index is 0.126. The minimum atomic E-state index is -2.52. The maximum absolute atomic E-state index is 11.6. The summed E-state index contributed by atoms with van der Waals surface area (Å²) in [5.74, 6) is -3.44. The lowest BCUT2D eigenvalue weighted by Gasteiger charge is -2.25.